The summed E-state index contributed by atoms with van der Waals surface area (Å²) in [6.45, 7) is 2.59. The molecular formula is C14H20FN3O2. The van der Waals surface area contributed by atoms with E-state index in [2.05, 4.69) is 4.90 Å². The molecular weight excluding hydrogens is 261 g/mol. The van der Waals surface area contributed by atoms with Crippen LogP contribution in [0.3, 0.4) is 0 Å². The van der Waals surface area contributed by atoms with Gasteiger partial charge in [0.2, 0.25) is 0 Å². The van der Waals surface area contributed by atoms with Crippen molar-refractivity contribution in [2.75, 3.05) is 40.3 Å². The van der Waals surface area contributed by atoms with Crippen LogP contribution in [0.2, 0.25) is 0 Å². The van der Waals surface area contributed by atoms with Crippen molar-refractivity contribution in [1.82, 2.24) is 9.80 Å². The zero-order chi connectivity index (χ0) is 14.7. The first-order valence-electron chi connectivity index (χ1n) is 6.60. The van der Waals surface area contributed by atoms with Crippen molar-refractivity contribution in [3.05, 3.63) is 29.6 Å². The Hall–Kier alpha value is -1.66. The number of amides is 1. The van der Waals surface area contributed by atoms with Crippen LogP contribution < -0.4 is 10.5 Å². The van der Waals surface area contributed by atoms with Gasteiger partial charge < -0.3 is 20.3 Å². The number of likely N-dealkylation sites (N-methyl/N-ethyl adjacent to an activating group) is 1. The molecule has 1 aliphatic rings. The average molecular weight is 281 g/mol. The Morgan fingerprint density at radius 3 is 2.90 bits per heavy atom. The molecule has 1 aliphatic heterocycles. The zero-order valence-corrected chi connectivity index (χ0v) is 11.8. The molecule has 0 spiro atoms. The van der Waals surface area contributed by atoms with Crippen molar-refractivity contribution in [1.29, 1.82) is 0 Å². The third kappa shape index (κ3) is 2.91. The van der Waals surface area contributed by atoms with Crippen molar-refractivity contribution in [3.8, 4) is 5.75 Å². The van der Waals surface area contributed by atoms with Crippen molar-refractivity contribution in [3.63, 3.8) is 0 Å². The molecule has 5 nitrogen and oxygen atoms in total. The average Bonchev–Trinajstić information content (AvgIpc) is 2.46. The quantitative estimate of drug-likeness (QED) is 0.879. The van der Waals surface area contributed by atoms with Crippen LogP contribution in [-0.2, 0) is 0 Å². The monoisotopic (exact) mass is 281 g/mol. The van der Waals surface area contributed by atoms with E-state index in [4.69, 9.17) is 10.5 Å². The van der Waals surface area contributed by atoms with Gasteiger partial charge in [0.25, 0.3) is 5.91 Å². The van der Waals surface area contributed by atoms with E-state index >= 15 is 0 Å². The lowest BCUT2D eigenvalue weighted by Gasteiger charge is -2.39. The molecule has 1 fully saturated rings. The number of carbonyl (C=O) groups is 1. The van der Waals surface area contributed by atoms with Gasteiger partial charge in [-0.3, -0.25) is 4.79 Å². The Morgan fingerprint density at radius 1 is 1.50 bits per heavy atom. The second-order valence-corrected chi connectivity index (χ2v) is 5.00. The minimum Gasteiger partial charge on any atom is -0.494 e. The summed E-state index contributed by atoms with van der Waals surface area (Å²) in [5.74, 6) is -0.529. The molecule has 1 amide bonds. The molecule has 0 aromatic heterocycles. The van der Waals surface area contributed by atoms with E-state index in [0.29, 0.717) is 18.7 Å². The highest BCUT2D eigenvalue weighted by Gasteiger charge is 2.29. The summed E-state index contributed by atoms with van der Waals surface area (Å²) in [5.41, 5.74) is 6.17. The summed E-state index contributed by atoms with van der Waals surface area (Å²) in [6.07, 6.45) is 0. The van der Waals surface area contributed by atoms with E-state index < -0.39 is 5.82 Å². The summed E-state index contributed by atoms with van der Waals surface area (Å²) in [4.78, 5) is 16.4. The van der Waals surface area contributed by atoms with Gasteiger partial charge in [0.1, 0.15) is 0 Å². The van der Waals surface area contributed by atoms with Gasteiger partial charge in [-0.1, -0.05) is 0 Å². The number of ether oxygens (including phenoxy) is 1. The lowest BCUT2D eigenvalue weighted by atomic mass is 10.1. The normalized spacial score (nSPS) is 20.0. The first-order chi connectivity index (χ1) is 9.56. The van der Waals surface area contributed by atoms with Gasteiger partial charge in [0.05, 0.1) is 13.2 Å². The fraction of sp³-hybridized carbons (Fsp3) is 0.500. The molecule has 110 valence electrons. The molecule has 1 atom stereocenters. The smallest absolute Gasteiger partial charge is 0.254 e. The number of benzene rings is 1. The molecule has 2 rings (SSSR count). The molecule has 1 heterocycles. The molecule has 1 aromatic rings. The fourth-order valence-electron chi connectivity index (χ4n) is 2.44. The minimum atomic E-state index is -0.474. The highest BCUT2D eigenvalue weighted by atomic mass is 19.1. The molecule has 6 heteroatoms. The zero-order valence-electron chi connectivity index (χ0n) is 11.8. The predicted molar refractivity (Wildman–Crippen MR) is 74.3 cm³/mol. The van der Waals surface area contributed by atoms with Crippen LogP contribution in [0.15, 0.2) is 18.2 Å². The predicted octanol–water partition coefficient (Wildman–Crippen LogP) is 0.549. The fourth-order valence-corrected chi connectivity index (χ4v) is 2.44. The number of nitrogens with two attached hydrogens (primary N) is 1. The number of methoxy groups -OCH3 is 1. The highest BCUT2D eigenvalue weighted by molar-refractivity contribution is 5.95. The molecule has 0 aliphatic carbocycles. The number of hydrogen-bond donors (Lipinski definition) is 1. The molecule has 1 saturated heterocycles. The number of carbonyl (C=O) groups excluding carboxylic acids is 1. The standard InChI is InChI=1S/C14H20FN3O2/c1-17-5-6-18(11(8-16)9-17)14(19)10-3-4-12(15)13(7-10)20-2/h3-4,7,11H,5-6,8-9,16H2,1-2H3. The van der Waals surface area contributed by atoms with Crippen LogP contribution in [0.1, 0.15) is 10.4 Å². The molecule has 0 bridgehead atoms. The molecule has 1 unspecified atom stereocenters. The summed E-state index contributed by atoms with van der Waals surface area (Å²) >= 11 is 0. The largest absolute Gasteiger partial charge is 0.494 e. The van der Waals surface area contributed by atoms with Crippen LogP contribution in [0.5, 0.6) is 5.75 Å². The Morgan fingerprint density at radius 2 is 2.25 bits per heavy atom. The van der Waals surface area contributed by atoms with Crippen LogP contribution in [0.4, 0.5) is 4.39 Å². The molecule has 0 radical (unpaired) electrons. The van der Waals surface area contributed by atoms with Gasteiger partial charge in [0.15, 0.2) is 11.6 Å². The Bertz CT molecular complexity index is 495. The van der Waals surface area contributed by atoms with Gasteiger partial charge >= 0.3 is 0 Å². The molecule has 20 heavy (non-hydrogen) atoms. The number of halogens is 1. The summed E-state index contributed by atoms with van der Waals surface area (Å²) < 4.78 is 18.3. The van der Waals surface area contributed by atoms with Gasteiger partial charge in [-0.05, 0) is 25.2 Å². The van der Waals surface area contributed by atoms with E-state index in [9.17, 15) is 9.18 Å². The maximum atomic E-state index is 13.4. The SMILES string of the molecule is COc1cc(C(=O)N2CCN(C)CC2CN)ccc1F. The van der Waals surface area contributed by atoms with Crippen LogP contribution in [-0.4, -0.2) is 62.1 Å². The van der Waals surface area contributed by atoms with E-state index in [1.165, 1.54) is 25.3 Å². The summed E-state index contributed by atoms with van der Waals surface area (Å²) in [6, 6.07) is 4.15. The van der Waals surface area contributed by atoms with Gasteiger partial charge in [-0.25, -0.2) is 4.39 Å². The Balaban J connectivity index is 2.21. The third-order valence-corrected chi connectivity index (χ3v) is 3.62. The maximum absolute atomic E-state index is 13.4. The van der Waals surface area contributed by atoms with E-state index in [1.54, 1.807) is 4.90 Å². The van der Waals surface area contributed by atoms with E-state index in [1.807, 2.05) is 7.05 Å². The third-order valence-electron chi connectivity index (χ3n) is 3.62. The topological polar surface area (TPSA) is 58.8 Å². The first kappa shape index (κ1) is 14.7. The Kier molecular flexibility index (Phi) is 4.57. The Labute approximate surface area is 118 Å². The van der Waals surface area contributed by atoms with Gasteiger partial charge in [-0.15, -0.1) is 0 Å². The number of rotatable bonds is 3. The second-order valence-electron chi connectivity index (χ2n) is 5.00. The number of nitrogens with zero attached hydrogens (tertiary/aromatic N) is 2. The summed E-state index contributed by atoms with van der Waals surface area (Å²) in [7, 11) is 3.39. The lowest BCUT2D eigenvalue weighted by Crippen LogP contribution is -2.56. The van der Waals surface area contributed by atoms with Crippen LogP contribution >= 0.6 is 0 Å². The van der Waals surface area contributed by atoms with Crippen LogP contribution in [0, 0.1) is 5.82 Å². The van der Waals surface area contributed by atoms with Crippen molar-refractivity contribution in [2.24, 2.45) is 5.73 Å². The molecule has 2 N–H and O–H groups in total. The lowest BCUT2D eigenvalue weighted by molar-refractivity contribution is 0.0515. The maximum Gasteiger partial charge on any atom is 0.254 e. The van der Waals surface area contributed by atoms with Crippen LogP contribution in [0.25, 0.3) is 0 Å². The van der Waals surface area contributed by atoms with E-state index in [-0.39, 0.29) is 17.7 Å². The summed E-state index contributed by atoms with van der Waals surface area (Å²) in [5, 5.41) is 0. The van der Waals surface area contributed by atoms with Crippen molar-refractivity contribution < 1.29 is 13.9 Å². The highest BCUT2D eigenvalue weighted by Crippen LogP contribution is 2.20. The minimum absolute atomic E-state index is 0.0164. The van der Waals surface area contributed by atoms with Gasteiger partial charge in [-0.2, -0.15) is 0 Å². The second kappa shape index (κ2) is 6.19. The van der Waals surface area contributed by atoms with E-state index in [0.717, 1.165) is 13.1 Å². The van der Waals surface area contributed by atoms with Crippen molar-refractivity contribution >= 4 is 5.91 Å². The number of piperazine rings is 1. The number of hydrogen-bond acceptors (Lipinski definition) is 4. The van der Waals surface area contributed by atoms with Gasteiger partial charge in [0, 0.05) is 31.7 Å². The molecule has 1 aromatic carbocycles. The molecule has 0 saturated carbocycles. The van der Waals surface area contributed by atoms with Crippen molar-refractivity contribution in [2.45, 2.75) is 6.04 Å². The first-order valence-corrected chi connectivity index (χ1v) is 6.60.